The molecular weight excluding hydrogens is 480 g/mol. The Morgan fingerprint density at radius 2 is 1.72 bits per heavy atom. The maximum absolute atomic E-state index is 12.9. The zero-order valence-electron chi connectivity index (χ0n) is 19.7. The van der Waals surface area contributed by atoms with E-state index < -0.39 is 10.0 Å². The average molecular weight is 503 g/mol. The molecule has 0 aliphatic rings. The SMILES string of the molecule is COc1ccc(-c2noc(-c3cc4ccccc4oc3=NNS(=O)(=O)c3ccc(C)c(C)c3)n2)cc1. The number of aryl methyl sites for hydroxylation is 2. The Morgan fingerprint density at radius 1 is 0.944 bits per heavy atom. The Morgan fingerprint density at radius 3 is 2.47 bits per heavy atom. The van der Waals surface area contributed by atoms with Gasteiger partial charge in [0.05, 0.1) is 12.0 Å². The molecule has 0 aliphatic carbocycles. The van der Waals surface area contributed by atoms with Crippen molar-refractivity contribution in [1.29, 1.82) is 0 Å². The van der Waals surface area contributed by atoms with Crippen molar-refractivity contribution >= 4 is 21.0 Å². The lowest BCUT2D eigenvalue weighted by Crippen LogP contribution is -2.22. The summed E-state index contributed by atoms with van der Waals surface area (Å²) >= 11 is 0. The van der Waals surface area contributed by atoms with Gasteiger partial charge in [0, 0.05) is 10.9 Å². The first kappa shape index (κ1) is 23.3. The number of fused-ring (bicyclic) bond motifs is 1. The van der Waals surface area contributed by atoms with Gasteiger partial charge in [-0.3, -0.25) is 0 Å². The number of hydrogen-bond donors (Lipinski definition) is 1. The molecule has 36 heavy (non-hydrogen) atoms. The van der Waals surface area contributed by atoms with Gasteiger partial charge in [-0.15, -0.1) is 5.10 Å². The van der Waals surface area contributed by atoms with Crippen LogP contribution in [0.15, 0.2) is 91.7 Å². The Labute approximate surface area is 207 Å². The molecule has 2 heterocycles. The molecule has 0 aliphatic heterocycles. The highest BCUT2D eigenvalue weighted by molar-refractivity contribution is 7.89. The summed E-state index contributed by atoms with van der Waals surface area (Å²) in [5, 5.41) is 8.91. The number of sulfonamides is 1. The van der Waals surface area contributed by atoms with Crippen molar-refractivity contribution in [1.82, 2.24) is 15.0 Å². The van der Waals surface area contributed by atoms with Crippen LogP contribution in [0.25, 0.3) is 33.8 Å². The van der Waals surface area contributed by atoms with Crippen LogP contribution in [0.1, 0.15) is 11.1 Å². The Bertz CT molecular complexity index is 1740. The summed E-state index contributed by atoms with van der Waals surface area (Å²) in [6.07, 6.45) is 0. The molecule has 10 heteroatoms. The molecule has 5 rings (SSSR count). The van der Waals surface area contributed by atoms with Crippen molar-refractivity contribution in [2.24, 2.45) is 5.10 Å². The number of nitrogens with zero attached hydrogens (tertiary/aromatic N) is 3. The van der Waals surface area contributed by atoms with Crippen molar-refractivity contribution in [2.45, 2.75) is 18.7 Å². The smallest absolute Gasteiger partial charge is 0.276 e. The van der Waals surface area contributed by atoms with Crippen molar-refractivity contribution in [3.05, 3.63) is 89.5 Å². The lowest BCUT2D eigenvalue weighted by molar-refractivity contribution is 0.414. The monoisotopic (exact) mass is 502 g/mol. The van der Waals surface area contributed by atoms with Crippen LogP contribution in [0.5, 0.6) is 5.75 Å². The molecule has 0 spiro atoms. The topological polar surface area (TPSA) is 120 Å². The summed E-state index contributed by atoms with van der Waals surface area (Å²) in [4.78, 5) is 6.84. The van der Waals surface area contributed by atoms with E-state index in [4.69, 9.17) is 13.7 Å². The van der Waals surface area contributed by atoms with Crippen molar-refractivity contribution < 1.29 is 22.1 Å². The van der Waals surface area contributed by atoms with Gasteiger partial charge >= 0.3 is 0 Å². The fraction of sp³-hybridized carbons (Fsp3) is 0.115. The molecule has 0 radical (unpaired) electrons. The Balaban J connectivity index is 1.58. The van der Waals surface area contributed by atoms with Gasteiger partial charge in [-0.2, -0.15) is 18.2 Å². The number of hydrogen-bond acceptors (Lipinski definition) is 8. The molecule has 0 atom stereocenters. The largest absolute Gasteiger partial charge is 0.497 e. The predicted octanol–water partition coefficient (Wildman–Crippen LogP) is 4.57. The van der Waals surface area contributed by atoms with E-state index >= 15 is 0 Å². The number of ether oxygens (including phenoxy) is 1. The van der Waals surface area contributed by atoms with Gasteiger partial charge in [-0.05, 0) is 73.5 Å². The highest BCUT2D eigenvalue weighted by Gasteiger charge is 2.18. The molecule has 0 amide bonds. The zero-order valence-corrected chi connectivity index (χ0v) is 20.5. The third-order valence-electron chi connectivity index (χ3n) is 5.72. The van der Waals surface area contributed by atoms with E-state index in [-0.39, 0.29) is 16.3 Å². The molecule has 0 saturated carbocycles. The summed E-state index contributed by atoms with van der Waals surface area (Å²) in [5.74, 6) is 1.18. The van der Waals surface area contributed by atoms with Gasteiger partial charge in [0.25, 0.3) is 15.9 Å². The number of para-hydroxylation sites is 1. The number of rotatable bonds is 6. The van der Waals surface area contributed by atoms with Crippen LogP contribution in [-0.4, -0.2) is 25.7 Å². The van der Waals surface area contributed by atoms with Crippen molar-refractivity contribution in [2.75, 3.05) is 7.11 Å². The second kappa shape index (κ2) is 9.31. The van der Waals surface area contributed by atoms with Crippen LogP contribution in [0.3, 0.4) is 0 Å². The zero-order chi connectivity index (χ0) is 25.3. The van der Waals surface area contributed by atoms with E-state index in [0.717, 1.165) is 22.1 Å². The lowest BCUT2D eigenvalue weighted by Gasteiger charge is -2.06. The minimum absolute atomic E-state index is 0.0222. The van der Waals surface area contributed by atoms with Crippen LogP contribution in [-0.2, 0) is 10.0 Å². The third kappa shape index (κ3) is 4.58. The minimum Gasteiger partial charge on any atom is -0.497 e. The minimum atomic E-state index is -3.95. The normalized spacial score (nSPS) is 12.1. The van der Waals surface area contributed by atoms with Gasteiger partial charge in [0.15, 0.2) is 0 Å². The van der Waals surface area contributed by atoms with E-state index in [1.54, 1.807) is 55.6 Å². The van der Waals surface area contributed by atoms with Gasteiger partial charge < -0.3 is 13.7 Å². The summed E-state index contributed by atoms with van der Waals surface area (Å²) < 4.78 is 42.5. The first-order valence-electron chi connectivity index (χ1n) is 11.0. The van der Waals surface area contributed by atoms with Crippen LogP contribution >= 0.6 is 0 Å². The number of nitrogens with one attached hydrogen (secondary N) is 1. The number of aromatic nitrogens is 2. The fourth-order valence-electron chi connectivity index (χ4n) is 3.53. The summed E-state index contributed by atoms with van der Waals surface area (Å²) in [6.45, 7) is 3.76. The van der Waals surface area contributed by atoms with Crippen molar-refractivity contribution in [3.8, 4) is 28.6 Å². The molecule has 3 aromatic carbocycles. The first-order chi connectivity index (χ1) is 17.3. The molecule has 0 unspecified atom stereocenters. The van der Waals surface area contributed by atoms with E-state index in [0.29, 0.717) is 22.7 Å². The molecule has 182 valence electrons. The second-order valence-corrected chi connectivity index (χ2v) is 9.77. The van der Waals surface area contributed by atoms with E-state index in [2.05, 4.69) is 20.1 Å². The maximum atomic E-state index is 12.9. The van der Waals surface area contributed by atoms with Crippen LogP contribution < -0.4 is 15.1 Å². The fourth-order valence-corrected chi connectivity index (χ4v) is 4.42. The lowest BCUT2D eigenvalue weighted by atomic mass is 10.1. The quantitative estimate of drug-likeness (QED) is 0.338. The molecule has 9 nitrogen and oxygen atoms in total. The van der Waals surface area contributed by atoms with Gasteiger partial charge in [-0.1, -0.05) is 29.4 Å². The van der Waals surface area contributed by atoms with Gasteiger partial charge in [-0.25, -0.2) is 0 Å². The van der Waals surface area contributed by atoms with Gasteiger partial charge in [0.1, 0.15) is 16.9 Å². The summed E-state index contributed by atoms with van der Waals surface area (Å²) in [7, 11) is -2.36. The van der Waals surface area contributed by atoms with E-state index in [1.807, 2.05) is 32.0 Å². The first-order valence-corrected chi connectivity index (χ1v) is 12.5. The molecule has 5 aromatic rings. The summed E-state index contributed by atoms with van der Waals surface area (Å²) in [5.41, 5.74) is 3.39. The Kier molecular flexibility index (Phi) is 6.03. The average Bonchev–Trinajstić information content (AvgIpc) is 3.39. The Hall–Kier alpha value is -4.44. The molecule has 2 aromatic heterocycles. The molecule has 1 N–H and O–H groups in total. The maximum Gasteiger partial charge on any atom is 0.276 e. The highest BCUT2D eigenvalue weighted by Crippen LogP contribution is 2.24. The number of benzene rings is 3. The molecule has 0 fully saturated rings. The van der Waals surface area contributed by atoms with Gasteiger partial charge in [0.2, 0.25) is 11.4 Å². The summed E-state index contributed by atoms with van der Waals surface area (Å²) in [6, 6.07) is 21.1. The van der Waals surface area contributed by atoms with Crippen LogP contribution in [0.4, 0.5) is 0 Å². The third-order valence-corrected chi connectivity index (χ3v) is 6.92. The van der Waals surface area contributed by atoms with E-state index in [9.17, 15) is 8.42 Å². The highest BCUT2D eigenvalue weighted by atomic mass is 32.2. The second-order valence-electron chi connectivity index (χ2n) is 8.11. The molecule has 0 saturated heterocycles. The molecule has 0 bridgehead atoms. The standard InChI is InChI=1S/C26H22N4O5S/c1-16-8-13-21(14-17(16)2)36(31,32)30-28-26-22(15-19-6-4-5-7-23(19)34-26)25-27-24(29-35-25)18-9-11-20(33-3)12-10-18/h4-15,30H,1-3H3. The van der Waals surface area contributed by atoms with Crippen LogP contribution in [0.2, 0.25) is 0 Å². The number of methoxy groups -OCH3 is 1. The van der Waals surface area contributed by atoms with E-state index in [1.165, 1.54) is 6.07 Å². The predicted molar refractivity (Wildman–Crippen MR) is 133 cm³/mol. The van der Waals surface area contributed by atoms with Crippen molar-refractivity contribution in [3.63, 3.8) is 0 Å². The van der Waals surface area contributed by atoms with Crippen LogP contribution in [0, 0.1) is 13.8 Å². The molecular formula is C26H22N4O5S.